The molecule has 2 atom stereocenters. The van der Waals surface area contributed by atoms with E-state index in [2.05, 4.69) is 57.2 Å². The summed E-state index contributed by atoms with van der Waals surface area (Å²) in [4.78, 5) is 48.3. The second kappa shape index (κ2) is 15.7. The van der Waals surface area contributed by atoms with Gasteiger partial charge >= 0.3 is 0 Å². The summed E-state index contributed by atoms with van der Waals surface area (Å²) in [5, 5.41) is 10.6. The largest absolute Gasteiger partial charge is 0.343 e. The molecule has 3 heterocycles. The van der Waals surface area contributed by atoms with Gasteiger partial charge in [-0.25, -0.2) is 0 Å². The topological polar surface area (TPSA) is 97.0 Å². The van der Waals surface area contributed by atoms with Crippen molar-refractivity contribution in [3.63, 3.8) is 0 Å². The second-order valence-electron chi connectivity index (χ2n) is 13.8. The Bertz CT molecular complexity index is 1810. The number of hydrogen-bond acceptors (Lipinski definition) is 6. The zero-order valence-corrected chi connectivity index (χ0v) is 29.5. The first kappa shape index (κ1) is 34.7. The van der Waals surface area contributed by atoms with E-state index < -0.39 is 17.6 Å². The van der Waals surface area contributed by atoms with Crippen LogP contribution in [0, 0.1) is 0 Å². The number of anilines is 1. The van der Waals surface area contributed by atoms with E-state index in [1.54, 1.807) is 12.1 Å². The maximum absolute atomic E-state index is 14.3. The molecule has 10 heteroatoms. The molecule has 3 aliphatic heterocycles. The number of likely N-dealkylation sites (tertiary alicyclic amines) is 1. The van der Waals surface area contributed by atoms with Gasteiger partial charge in [0.2, 0.25) is 17.7 Å². The fourth-order valence-corrected chi connectivity index (χ4v) is 7.83. The molecular formula is C41H45ClN6O3. The first-order chi connectivity index (χ1) is 24.9. The minimum absolute atomic E-state index is 0.106. The molecule has 3 N–H and O–H groups in total. The van der Waals surface area contributed by atoms with Gasteiger partial charge in [-0.15, -0.1) is 0 Å². The van der Waals surface area contributed by atoms with Crippen LogP contribution in [0.4, 0.5) is 5.69 Å². The lowest BCUT2D eigenvalue weighted by atomic mass is 9.85. The number of rotatable bonds is 11. The van der Waals surface area contributed by atoms with Crippen LogP contribution in [0.25, 0.3) is 0 Å². The minimum Gasteiger partial charge on any atom is -0.343 e. The summed E-state index contributed by atoms with van der Waals surface area (Å²) in [5.74, 6) is -0.222. The number of hydrogen-bond donors (Lipinski definition) is 3. The molecule has 4 aromatic carbocycles. The summed E-state index contributed by atoms with van der Waals surface area (Å²) < 4.78 is 0. The molecule has 7 rings (SSSR count). The van der Waals surface area contributed by atoms with Crippen molar-refractivity contribution >= 4 is 35.0 Å². The van der Waals surface area contributed by atoms with Gasteiger partial charge in [0.1, 0.15) is 11.6 Å². The highest BCUT2D eigenvalue weighted by Gasteiger charge is 2.54. The van der Waals surface area contributed by atoms with E-state index in [4.69, 9.17) is 11.6 Å². The zero-order valence-electron chi connectivity index (χ0n) is 28.8. The summed E-state index contributed by atoms with van der Waals surface area (Å²) in [6.07, 6.45) is 1.91. The highest BCUT2D eigenvalue weighted by atomic mass is 35.5. The molecule has 3 amide bonds. The number of carbonyl (C=O) groups is 3. The molecule has 9 nitrogen and oxygen atoms in total. The molecule has 0 bridgehead atoms. The first-order valence-electron chi connectivity index (χ1n) is 17.9. The summed E-state index contributed by atoms with van der Waals surface area (Å²) in [6, 6.07) is 34.7. The van der Waals surface area contributed by atoms with Crippen molar-refractivity contribution in [3.05, 3.63) is 136 Å². The predicted molar refractivity (Wildman–Crippen MR) is 200 cm³/mol. The van der Waals surface area contributed by atoms with Crippen LogP contribution in [-0.2, 0) is 40.3 Å². The molecule has 2 fully saturated rings. The Kier molecular flexibility index (Phi) is 10.7. The fraction of sp³-hybridized carbons (Fsp3) is 0.341. The average molecular weight is 705 g/mol. The van der Waals surface area contributed by atoms with Crippen LogP contribution >= 0.6 is 11.6 Å². The van der Waals surface area contributed by atoms with Crippen LogP contribution in [0.15, 0.2) is 109 Å². The normalized spacial score (nSPS) is 18.8. The van der Waals surface area contributed by atoms with Crippen molar-refractivity contribution in [3.8, 4) is 0 Å². The third-order valence-corrected chi connectivity index (χ3v) is 10.8. The third-order valence-electron chi connectivity index (χ3n) is 10.6. The predicted octanol–water partition coefficient (Wildman–Crippen LogP) is 4.54. The summed E-state index contributed by atoms with van der Waals surface area (Å²) in [5.41, 5.74) is 4.70. The van der Waals surface area contributed by atoms with Gasteiger partial charge in [0.25, 0.3) is 0 Å². The van der Waals surface area contributed by atoms with E-state index >= 15 is 0 Å². The first-order valence-corrected chi connectivity index (χ1v) is 18.3. The maximum atomic E-state index is 14.3. The number of fused-ring (bicyclic) bond motifs is 1. The number of piperidine rings is 1. The Balaban J connectivity index is 1.04. The molecule has 0 aliphatic carbocycles. The molecule has 0 radical (unpaired) electrons. The standard InChI is InChI=1S/C41H45ClN6O3/c42-34-17-15-30(16-18-34)25-37(45-38(49)36-26-32-11-7-8-12-33(32)28-44-36)39(50)46-22-19-41(20-23-46)40(51)47(29-48(41)35-13-5-2-6-14-35)24-21-43-27-31-9-3-1-4-10-31/h1-18,36-37,43-44H,19-29H2,(H,45,49). The van der Waals surface area contributed by atoms with Gasteiger partial charge in [-0.2, -0.15) is 0 Å². The van der Waals surface area contributed by atoms with Crippen molar-refractivity contribution < 1.29 is 14.4 Å². The van der Waals surface area contributed by atoms with E-state index in [-0.39, 0.29) is 17.7 Å². The SMILES string of the molecule is O=C(NC(Cc1ccc(Cl)cc1)C(=O)N1CCC2(CC1)C(=O)N(CCNCc1ccccc1)CN2c1ccccc1)C1Cc2ccccc2CN1. The average Bonchev–Trinajstić information content (AvgIpc) is 3.44. The van der Waals surface area contributed by atoms with Crippen molar-refractivity contribution in [2.45, 2.75) is 56.4 Å². The molecular weight excluding hydrogens is 660 g/mol. The van der Waals surface area contributed by atoms with Crippen molar-refractivity contribution in [1.82, 2.24) is 25.8 Å². The number of nitrogens with one attached hydrogen (secondary N) is 3. The van der Waals surface area contributed by atoms with Gasteiger partial charge in [0, 0.05) is 56.4 Å². The molecule has 264 valence electrons. The van der Waals surface area contributed by atoms with Crippen LogP contribution in [0.2, 0.25) is 5.02 Å². The Hall–Kier alpha value is -4.70. The smallest absolute Gasteiger partial charge is 0.250 e. The van der Waals surface area contributed by atoms with Crippen LogP contribution in [-0.4, -0.2) is 78.0 Å². The summed E-state index contributed by atoms with van der Waals surface area (Å²) >= 11 is 6.17. The van der Waals surface area contributed by atoms with Gasteiger partial charge in [-0.3, -0.25) is 14.4 Å². The lowest BCUT2D eigenvalue weighted by molar-refractivity contribution is -0.141. The van der Waals surface area contributed by atoms with Gasteiger partial charge < -0.3 is 30.7 Å². The minimum atomic E-state index is -0.761. The van der Waals surface area contributed by atoms with Crippen LogP contribution in [0.3, 0.4) is 0 Å². The van der Waals surface area contributed by atoms with E-state index in [1.807, 2.05) is 70.5 Å². The number of nitrogens with zero attached hydrogens (tertiary/aromatic N) is 3. The number of para-hydroxylation sites is 1. The summed E-state index contributed by atoms with van der Waals surface area (Å²) in [7, 11) is 0. The molecule has 51 heavy (non-hydrogen) atoms. The fourth-order valence-electron chi connectivity index (χ4n) is 7.70. The third kappa shape index (κ3) is 7.81. The Morgan fingerprint density at radius 1 is 0.843 bits per heavy atom. The molecule has 4 aromatic rings. The van der Waals surface area contributed by atoms with Gasteiger partial charge in [0.05, 0.1) is 12.7 Å². The maximum Gasteiger partial charge on any atom is 0.250 e. The summed E-state index contributed by atoms with van der Waals surface area (Å²) in [6.45, 7) is 3.93. The van der Waals surface area contributed by atoms with Crippen LogP contribution < -0.4 is 20.9 Å². The van der Waals surface area contributed by atoms with Crippen LogP contribution in [0.5, 0.6) is 0 Å². The lowest BCUT2D eigenvalue weighted by Crippen LogP contribution is -2.60. The van der Waals surface area contributed by atoms with Gasteiger partial charge in [-0.05, 0) is 65.8 Å². The molecule has 0 saturated carbocycles. The molecule has 1 spiro atoms. The highest BCUT2D eigenvalue weighted by molar-refractivity contribution is 6.30. The zero-order chi connectivity index (χ0) is 35.2. The van der Waals surface area contributed by atoms with Crippen molar-refractivity contribution in [2.75, 3.05) is 37.7 Å². The number of carbonyl (C=O) groups excluding carboxylic acids is 3. The van der Waals surface area contributed by atoms with Gasteiger partial charge in [-0.1, -0.05) is 96.5 Å². The molecule has 2 saturated heterocycles. The van der Waals surface area contributed by atoms with Crippen molar-refractivity contribution in [1.29, 1.82) is 0 Å². The number of halogens is 1. The van der Waals surface area contributed by atoms with E-state index in [1.165, 1.54) is 11.1 Å². The number of benzene rings is 4. The Morgan fingerprint density at radius 2 is 1.51 bits per heavy atom. The second-order valence-corrected chi connectivity index (χ2v) is 14.2. The Morgan fingerprint density at radius 3 is 2.24 bits per heavy atom. The van der Waals surface area contributed by atoms with Gasteiger partial charge in [0.15, 0.2) is 0 Å². The lowest BCUT2D eigenvalue weighted by Gasteiger charge is -2.44. The quantitative estimate of drug-likeness (QED) is 0.199. The molecule has 3 aliphatic rings. The van der Waals surface area contributed by atoms with E-state index in [0.717, 1.165) is 23.4 Å². The monoisotopic (exact) mass is 704 g/mol. The highest BCUT2D eigenvalue weighted by Crippen LogP contribution is 2.39. The molecule has 2 unspecified atom stereocenters. The van der Waals surface area contributed by atoms with Crippen molar-refractivity contribution in [2.24, 2.45) is 0 Å². The Labute approximate surface area is 305 Å². The van der Waals surface area contributed by atoms with E-state index in [9.17, 15) is 14.4 Å². The number of amides is 3. The van der Waals surface area contributed by atoms with Crippen LogP contribution in [0.1, 0.15) is 35.1 Å². The molecule has 0 aromatic heterocycles. The van der Waals surface area contributed by atoms with E-state index in [0.29, 0.717) is 70.1 Å².